The number of nitrogens with zero attached hydrogens (tertiary/aromatic N) is 1. The fourth-order valence-corrected chi connectivity index (χ4v) is 6.33. The molecule has 0 heterocycles. The number of hydrogen-bond donors (Lipinski definition) is 1. The maximum absolute atomic E-state index is 12.2. The van der Waals surface area contributed by atoms with E-state index in [1.807, 2.05) is 19.2 Å². The predicted molar refractivity (Wildman–Crippen MR) is 209 cm³/mol. The summed E-state index contributed by atoms with van der Waals surface area (Å²) in [7, 11) is 1.99. The van der Waals surface area contributed by atoms with Crippen molar-refractivity contribution in [1.29, 1.82) is 0 Å². The molecule has 0 saturated carbocycles. The molecule has 6 nitrogen and oxygen atoms in total. The number of rotatable bonds is 38. The number of hydrogen-bond acceptors (Lipinski definition) is 5. The summed E-state index contributed by atoms with van der Waals surface area (Å²) in [6.45, 7) is 6.74. The molecule has 0 aliphatic rings. The Morgan fingerprint density at radius 1 is 0.469 bits per heavy atom. The van der Waals surface area contributed by atoms with Crippen molar-refractivity contribution in [2.24, 2.45) is 0 Å². The second-order valence-corrected chi connectivity index (χ2v) is 14.7. The Kier molecular flexibility index (Phi) is 36.3. The lowest BCUT2D eigenvalue weighted by Crippen LogP contribution is -2.50. The van der Waals surface area contributed by atoms with E-state index in [0.29, 0.717) is 24.1 Å². The number of esters is 2. The molecular formula is C43H82NO5+. The predicted octanol–water partition coefficient (Wildman–Crippen LogP) is 11.6. The minimum absolute atomic E-state index is 0.0243. The van der Waals surface area contributed by atoms with Crippen LogP contribution in [0.1, 0.15) is 194 Å². The van der Waals surface area contributed by atoms with E-state index in [4.69, 9.17) is 9.47 Å². The number of carbonyl (C=O) groups excluding carboxylic acids is 2. The Balaban J connectivity index is 3.81. The summed E-state index contributed by atoms with van der Waals surface area (Å²) in [5, 5.41) is 9.57. The van der Waals surface area contributed by atoms with E-state index in [1.165, 1.54) is 154 Å². The normalized spacial score (nSPS) is 13.0. The summed E-state index contributed by atoms with van der Waals surface area (Å²) in [5.74, 6) is -0.629. The van der Waals surface area contributed by atoms with Crippen LogP contribution in [0.15, 0.2) is 24.3 Å². The van der Waals surface area contributed by atoms with Crippen molar-refractivity contribution in [1.82, 2.24) is 0 Å². The number of quaternary nitrogens is 1. The highest BCUT2D eigenvalue weighted by Crippen LogP contribution is 2.14. The van der Waals surface area contributed by atoms with Gasteiger partial charge in [-0.25, -0.2) is 9.59 Å². The van der Waals surface area contributed by atoms with Crippen LogP contribution >= 0.6 is 0 Å². The number of carbonyl (C=O) groups is 2. The van der Waals surface area contributed by atoms with Gasteiger partial charge in [-0.05, 0) is 25.7 Å². The summed E-state index contributed by atoms with van der Waals surface area (Å²) in [4.78, 5) is 24.3. The van der Waals surface area contributed by atoms with Gasteiger partial charge in [-0.2, -0.15) is 0 Å². The van der Waals surface area contributed by atoms with Gasteiger partial charge in [0.25, 0.3) is 0 Å². The lowest BCUT2D eigenvalue weighted by molar-refractivity contribution is -0.910. The van der Waals surface area contributed by atoms with Crippen LogP contribution in [0.25, 0.3) is 0 Å². The minimum atomic E-state index is -0.315. The van der Waals surface area contributed by atoms with Gasteiger partial charge >= 0.3 is 11.9 Å². The molecule has 0 aliphatic carbocycles. The van der Waals surface area contributed by atoms with Gasteiger partial charge in [0.2, 0.25) is 0 Å². The molecule has 0 aromatic rings. The topological polar surface area (TPSA) is 72.8 Å². The molecule has 0 aromatic carbocycles. The molecule has 0 radical (unpaired) electrons. The first-order chi connectivity index (χ1) is 24.0. The van der Waals surface area contributed by atoms with E-state index < -0.39 is 0 Å². The third-order valence-electron chi connectivity index (χ3n) is 9.85. The summed E-state index contributed by atoms with van der Waals surface area (Å²) in [6, 6.07) is 0. The Hall–Kier alpha value is -1.66. The molecule has 0 spiro atoms. The zero-order chi connectivity index (χ0) is 35.9. The van der Waals surface area contributed by atoms with Gasteiger partial charge in [-0.15, -0.1) is 0 Å². The first-order valence-electron chi connectivity index (χ1n) is 21.1. The first kappa shape index (κ1) is 47.3. The van der Waals surface area contributed by atoms with Crippen molar-refractivity contribution in [3.05, 3.63) is 24.3 Å². The van der Waals surface area contributed by atoms with Crippen LogP contribution < -0.4 is 0 Å². The molecule has 0 fully saturated rings. The average molecular weight is 693 g/mol. The summed E-state index contributed by atoms with van der Waals surface area (Å²) in [5.41, 5.74) is 0. The van der Waals surface area contributed by atoms with Crippen molar-refractivity contribution in [2.45, 2.75) is 194 Å². The van der Waals surface area contributed by atoms with Crippen molar-refractivity contribution in [3.8, 4) is 0 Å². The Bertz CT molecular complexity index is 722. The van der Waals surface area contributed by atoms with Crippen molar-refractivity contribution >= 4 is 11.9 Å². The maximum atomic E-state index is 12.2. The van der Waals surface area contributed by atoms with Crippen LogP contribution in [-0.4, -0.2) is 68.0 Å². The van der Waals surface area contributed by atoms with Crippen molar-refractivity contribution in [2.75, 3.05) is 46.5 Å². The Morgan fingerprint density at radius 2 is 0.755 bits per heavy atom. The van der Waals surface area contributed by atoms with Gasteiger partial charge in [0, 0.05) is 12.2 Å². The van der Waals surface area contributed by atoms with E-state index in [-0.39, 0.29) is 31.8 Å². The van der Waals surface area contributed by atoms with Gasteiger partial charge < -0.3 is 19.1 Å². The highest BCUT2D eigenvalue weighted by Gasteiger charge is 2.22. The number of allylic oxidation sites excluding steroid dienone is 2. The van der Waals surface area contributed by atoms with Gasteiger partial charge in [-0.1, -0.05) is 180 Å². The summed E-state index contributed by atoms with van der Waals surface area (Å²) < 4.78 is 11.3. The molecule has 288 valence electrons. The van der Waals surface area contributed by atoms with Crippen molar-refractivity contribution < 1.29 is 28.7 Å². The maximum Gasteiger partial charge on any atom is 0.330 e. The SMILES string of the molecule is CCCCCCCCCCCCCCCC=CC(=O)OCC[N+](C)(CCO)CCOC(=O)C=CCCCCCCCCCCCCCCC. The third kappa shape index (κ3) is 36.0. The zero-order valence-corrected chi connectivity index (χ0v) is 32.9. The lowest BCUT2D eigenvalue weighted by Gasteiger charge is -2.33. The molecule has 6 heteroatoms. The third-order valence-corrected chi connectivity index (χ3v) is 9.85. The Morgan fingerprint density at radius 3 is 1.04 bits per heavy atom. The zero-order valence-electron chi connectivity index (χ0n) is 32.9. The molecule has 0 bridgehead atoms. The number of ether oxygens (including phenoxy) is 2. The lowest BCUT2D eigenvalue weighted by atomic mass is 10.0. The van der Waals surface area contributed by atoms with Gasteiger partial charge in [0.05, 0.1) is 13.7 Å². The quantitative estimate of drug-likeness (QED) is 0.0302. The monoisotopic (exact) mass is 693 g/mol. The largest absolute Gasteiger partial charge is 0.457 e. The van der Waals surface area contributed by atoms with E-state index in [0.717, 1.165) is 25.7 Å². The number of unbranched alkanes of at least 4 members (excludes halogenated alkanes) is 26. The number of aliphatic hydroxyl groups excluding tert-OH is 1. The molecule has 0 aromatic heterocycles. The average Bonchev–Trinajstić information content (AvgIpc) is 3.08. The van der Waals surface area contributed by atoms with Gasteiger partial charge in [0.1, 0.15) is 32.8 Å². The van der Waals surface area contributed by atoms with Crippen LogP contribution in [0.4, 0.5) is 0 Å². The molecule has 0 rings (SSSR count). The Labute approximate surface area is 304 Å². The highest BCUT2D eigenvalue weighted by molar-refractivity contribution is 5.82. The molecule has 0 atom stereocenters. The van der Waals surface area contributed by atoms with Crippen LogP contribution in [0.3, 0.4) is 0 Å². The number of likely N-dealkylation sites (N-methyl/N-ethyl adjacent to an activating group) is 1. The second-order valence-electron chi connectivity index (χ2n) is 14.7. The smallest absolute Gasteiger partial charge is 0.330 e. The van der Waals surface area contributed by atoms with Crippen LogP contribution in [0.2, 0.25) is 0 Å². The standard InChI is InChI=1S/C43H82NO5/c1-4-6-8-10-12-14-16-18-20-22-24-26-28-30-32-34-42(46)48-40-37-44(3,36-39-45)38-41-49-43(47)35-33-31-29-27-25-23-21-19-17-15-13-11-9-7-5-2/h32-35,45H,4-31,36-41H2,1-3H3/q+1. The van der Waals surface area contributed by atoms with Crippen molar-refractivity contribution in [3.63, 3.8) is 0 Å². The summed E-state index contributed by atoms with van der Waals surface area (Å²) >= 11 is 0. The fourth-order valence-electron chi connectivity index (χ4n) is 6.33. The molecule has 0 amide bonds. The first-order valence-corrected chi connectivity index (χ1v) is 21.1. The molecule has 1 N–H and O–H groups in total. The van der Waals surface area contributed by atoms with E-state index >= 15 is 0 Å². The van der Waals surface area contributed by atoms with Crippen LogP contribution in [0.5, 0.6) is 0 Å². The molecule has 0 aliphatic heterocycles. The number of aliphatic hydroxyl groups is 1. The van der Waals surface area contributed by atoms with E-state index in [9.17, 15) is 14.7 Å². The molecule has 49 heavy (non-hydrogen) atoms. The highest BCUT2D eigenvalue weighted by atomic mass is 16.5. The second kappa shape index (κ2) is 37.6. The molecule has 0 saturated heterocycles. The fraction of sp³-hybridized carbons (Fsp3) is 0.860. The molecule has 0 unspecified atom stereocenters. The van der Waals surface area contributed by atoms with Gasteiger partial charge in [-0.3, -0.25) is 0 Å². The van der Waals surface area contributed by atoms with Gasteiger partial charge in [0.15, 0.2) is 0 Å². The van der Waals surface area contributed by atoms with E-state index in [2.05, 4.69) is 13.8 Å². The van der Waals surface area contributed by atoms with E-state index in [1.54, 1.807) is 12.2 Å². The minimum Gasteiger partial charge on any atom is -0.457 e. The van der Waals surface area contributed by atoms with Crippen LogP contribution in [-0.2, 0) is 19.1 Å². The molecular weight excluding hydrogens is 610 g/mol. The van der Waals surface area contributed by atoms with Crippen LogP contribution in [0, 0.1) is 0 Å². The summed E-state index contributed by atoms with van der Waals surface area (Å²) in [6.07, 6.45) is 43.5.